The largest absolute Gasteiger partial charge is 0.444 e. The SMILES string of the molecule is [3H]c1nc(C[C@@H](C(=O)N[C@@H](CC(C)C)[C@@H](O)C[C@H](C(=O)N[C@H](C(=O)NCc2ccccn2)[C@@H](C)CC)C(C)C)N(C)C(=O)[C@H](Cc2ccccc2)NC(=O)[C@@H]2CCCN2C(=O)OC(C)(C)C)c([3H])[nH]1. The number of H-pyrrole nitrogens is 1. The molecule has 6 amide bonds. The Morgan fingerprint density at radius 2 is 1.61 bits per heavy atom. The third-order valence-corrected chi connectivity index (χ3v) is 12.2. The van der Waals surface area contributed by atoms with E-state index in [1.54, 1.807) is 63.4 Å². The van der Waals surface area contributed by atoms with E-state index in [2.05, 4.69) is 36.2 Å². The van der Waals surface area contributed by atoms with E-state index in [9.17, 15) is 33.9 Å². The van der Waals surface area contributed by atoms with Gasteiger partial charge in [0.15, 0.2) is 0 Å². The average Bonchev–Trinajstić information content (AvgIpc) is 3.92. The van der Waals surface area contributed by atoms with E-state index in [-0.39, 0.29) is 74.1 Å². The highest BCUT2D eigenvalue weighted by molar-refractivity contribution is 5.94. The van der Waals surface area contributed by atoms with Crippen LogP contribution in [0.3, 0.4) is 0 Å². The molecule has 1 saturated heterocycles. The van der Waals surface area contributed by atoms with Gasteiger partial charge in [0.1, 0.15) is 31.1 Å². The van der Waals surface area contributed by atoms with Gasteiger partial charge in [0, 0.05) is 44.7 Å². The molecule has 8 atom stereocenters. The Hall–Kier alpha value is -5.84. The summed E-state index contributed by atoms with van der Waals surface area (Å²) in [4.78, 5) is 97.9. The second-order valence-electron chi connectivity index (χ2n) is 19.5. The van der Waals surface area contributed by atoms with Gasteiger partial charge in [0.25, 0.3) is 0 Å². The number of likely N-dealkylation sites (N-methyl/N-ethyl adjacent to an activating group) is 1. The summed E-state index contributed by atoms with van der Waals surface area (Å²) in [6.07, 6.45) is 0.618. The van der Waals surface area contributed by atoms with Gasteiger partial charge in [-0.15, -0.1) is 0 Å². The summed E-state index contributed by atoms with van der Waals surface area (Å²) >= 11 is 0. The highest BCUT2D eigenvalue weighted by Gasteiger charge is 2.41. The normalized spacial score (nSPS) is 17.5. The average molecular weight is 934 g/mol. The number of hydrogen-bond acceptors (Lipinski definition) is 10. The Bertz CT molecular complexity index is 2170. The van der Waals surface area contributed by atoms with Crippen molar-refractivity contribution in [2.75, 3.05) is 13.6 Å². The van der Waals surface area contributed by atoms with Gasteiger partial charge < -0.3 is 41.0 Å². The van der Waals surface area contributed by atoms with Crippen LogP contribution >= 0.6 is 0 Å². The quantitative estimate of drug-likeness (QED) is 0.0768. The summed E-state index contributed by atoms with van der Waals surface area (Å²) in [7, 11) is 1.41. The number of aromatic nitrogens is 3. The van der Waals surface area contributed by atoms with E-state index >= 15 is 0 Å². The summed E-state index contributed by atoms with van der Waals surface area (Å²) in [5.74, 6) is -4.04. The molecule has 1 aromatic carbocycles. The summed E-state index contributed by atoms with van der Waals surface area (Å²) in [6, 6.07) is 9.12. The Labute approximate surface area is 399 Å². The van der Waals surface area contributed by atoms with Crippen LogP contribution in [0.2, 0.25) is 0 Å². The second kappa shape index (κ2) is 25.3. The van der Waals surface area contributed by atoms with Crippen molar-refractivity contribution in [2.45, 2.75) is 156 Å². The summed E-state index contributed by atoms with van der Waals surface area (Å²) < 4.78 is 22.1. The molecule has 6 N–H and O–H groups in total. The lowest BCUT2D eigenvalue weighted by Crippen LogP contribution is -2.59. The molecule has 0 bridgehead atoms. The van der Waals surface area contributed by atoms with E-state index in [4.69, 9.17) is 7.48 Å². The fraction of sp³-hybridized carbons (Fsp3) is 0.600. The predicted molar refractivity (Wildman–Crippen MR) is 255 cm³/mol. The first-order valence-electron chi connectivity index (χ1n) is 24.6. The van der Waals surface area contributed by atoms with E-state index in [1.807, 2.05) is 53.7 Å². The molecule has 1 fully saturated rings. The molecule has 1 aliphatic rings. The van der Waals surface area contributed by atoms with Crippen LogP contribution in [0.5, 0.6) is 0 Å². The van der Waals surface area contributed by atoms with Crippen molar-refractivity contribution in [1.29, 1.82) is 0 Å². The topological polar surface area (TPSA) is 228 Å². The smallest absolute Gasteiger partial charge is 0.410 e. The number of nitrogens with zero attached hydrogens (tertiary/aromatic N) is 4. The third kappa shape index (κ3) is 16.5. The molecule has 3 heterocycles. The second-order valence-corrected chi connectivity index (χ2v) is 19.5. The van der Waals surface area contributed by atoms with Crippen LogP contribution in [0, 0.1) is 23.7 Å². The lowest BCUT2D eigenvalue weighted by molar-refractivity contribution is -0.143. The van der Waals surface area contributed by atoms with Gasteiger partial charge in [-0.3, -0.25) is 33.9 Å². The third-order valence-electron chi connectivity index (χ3n) is 12.2. The number of hydrogen-bond donors (Lipinski definition) is 6. The molecule has 17 nitrogen and oxygen atoms in total. The van der Waals surface area contributed by atoms with Gasteiger partial charge in [-0.1, -0.05) is 84.4 Å². The number of aliphatic hydroxyl groups excluding tert-OH is 1. The molecule has 1 aliphatic heterocycles. The number of benzene rings is 1. The minimum atomic E-state index is -1.36. The van der Waals surface area contributed by atoms with Gasteiger partial charge in [-0.2, -0.15) is 0 Å². The molecule has 67 heavy (non-hydrogen) atoms. The minimum Gasteiger partial charge on any atom is -0.444 e. The zero-order valence-electron chi connectivity index (χ0n) is 42.9. The number of aromatic amines is 1. The van der Waals surface area contributed by atoms with Crippen molar-refractivity contribution in [3.05, 3.63) is 84.2 Å². The first kappa shape index (κ1) is 50.6. The molecule has 4 rings (SSSR count). The number of carbonyl (C=O) groups excluding carboxylic acids is 6. The monoisotopic (exact) mass is 934 g/mol. The fourth-order valence-electron chi connectivity index (χ4n) is 8.16. The minimum absolute atomic E-state index is 0.0311. The molecule has 0 unspecified atom stereocenters. The molecule has 0 aliphatic carbocycles. The van der Waals surface area contributed by atoms with Crippen molar-refractivity contribution < 1.29 is 41.4 Å². The standard InChI is InChI=1S/C50H75N9O8/c1-11-33(6)43(47(64)53-29-35-20-15-16-22-52-35)57-44(61)37(32(4)5)27-42(60)38(24-31(2)3)55-46(63)41(26-36-28-51-30-54-36)58(10)48(65)39(25-34-18-13-12-14-19-34)56-45(62)40-21-17-23-59(40)49(66)67-50(7,8)9/h12-16,18-20,22,28,30-33,37-43,60H,11,17,21,23-27,29H2,1-10H3,(H,51,54)(H,53,64)(H,55,63)(H,56,62)(H,57,61)/t33-,37-,38-,39-,40-,41-,42-,43-/m0/s1/i28T,30T. The van der Waals surface area contributed by atoms with E-state index in [0.29, 0.717) is 37.1 Å². The van der Waals surface area contributed by atoms with Gasteiger partial charge >= 0.3 is 6.09 Å². The van der Waals surface area contributed by atoms with Crippen molar-refractivity contribution in [1.82, 2.24) is 46.0 Å². The Morgan fingerprint density at radius 3 is 2.21 bits per heavy atom. The summed E-state index contributed by atoms with van der Waals surface area (Å²) in [6.45, 7) is 17.0. The lowest BCUT2D eigenvalue weighted by atomic mass is 9.85. The maximum Gasteiger partial charge on any atom is 0.410 e. The molecule has 0 saturated carbocycles. The highest BCUT2D eigenvalue weighted by atomic mass is 16.6. The molecule has 2 aromatic heterocycles. The molecule has 3 aromatic rings. The Balaban J connectivity index is 1.61. The molecule has 0 radical (unpaired) electrons. The molecule has 17 heteroatoms. The van der Waals surface area contributed by atoms with Crippen LogP contribution in [-0.2, 0) is 48.1 Å². The van der Waals surface area contributed by atoms with Crippen LogP contribution < -0.4 is 21.3 Å². The molecule has 0 spiro atoms. The zero-order valence-corrected chi connectivity index (χ0v) is 40.9. The van der Waals surface area contributed by atoms with Crippen LogP contribution in [-0.4, -0.2) is 121 Å². The zero-order chi connectivity index (χ0) is 51.2. The fourth-order valence-corrected chi connectivity index (χ4v) is 8.16. The van der Waals surface area contributed by atoms with E-state index in [1.165, 1.54) is 16.8 Å². The van der Waals surface area contributed by atoms with Gasteiger partial charge in [0.05, 0.1) is 37.8 Å². The van der Waals surface area contributed by atoms with Crippen molar-refractivity contribution >= 4 is 35.6 Å². The summed E-state index contributed by atoms with van der Waals surface area (Å²) in [5.41, 5.74) is 0.617. The van der Waals surface area contributed by atoms with Crippen molar-refractivity contribution in [3.8, 4) is 0 Å². The number of likely N-dealkylation sites (tertiary alicyclic amines) is 1. The lowest BCUT2D eigenvalue weighted by Gasteiger charge is -2.35. The first-order chi connectivity index (χ1) is 32.5. The number of carbonyl (C=O) groups is 6. The van der Waals surface area contributed by atoms with E-state index < -0.39 is 77.6 Å². The maximum atomic E-state index is 14.8. The summed E-state index contributed by atoms with van der Waals surface area (Å²) in [5, 5.41) is 23.7. The van der Waals surface area contributed by atoms with Gasteiger partial charge in [-0.05, 0) is 81.9 Å². The molecular formula is C50H75N9O8. The van der Waals surface area contributed by atoms with Crippen LogP contribution in [0.4, 0.5) is 4.79 Å². The van der Waals surface area contributed by atoms with E-state index in [0.717, 1.165) is 0 Å². The van der Waals surface area contributed by atoms with Crippen LogP contribution in [0.25, 0.3) is 0 Å². The van der Waals surface area contributed by atoms with Crippen molar-refractivity contribution in [3.63, 3.8) is 0 Å². The number of rotatable bonds is 23. The molecule has 368 valence electrons. The number of amides is 6. The van der Waals surface area contributed by atoms with Crippen LogP contribution in [0.15, 0.2) is 67.2 Å². The maximum absolute atomic E-state index is 14.8. The number of ether oxygens (including phenoxy) is 1. The molecular weight excluding hydrogens is 855 g/mol. The Morgan fingerprint density at radius 1 is 0.910 bits per heavy atom. The predicted octanol–water partition coefficient (Wildman–Crippen LogP) is 4.70. The number of imidazole rings is 1. The number of nitrogens with one attached hydrogen (secondary N) is 5. The van der Waals surface area contributed by atoms with Gasteiger partial charge in [-0.25, -0.2) is 9.78 Å². The van der Waals surface area contributed by atoms with Crippen LogP contribution in [0.1, 0.15) is 114 Å². The number of aliphatic hydroxyl groups is 1. The Kier molecular flexibility index (Phi) is 19.1. The van der Waals surface area contributed by atoms with Crippen molar-refractivity contribution in [2.24, 2.45) is 23.7 Å². The van der Waals surface area contributed by atoms with Gasteiger partial charge in [0.2, 0.25) is 29.5 Å². The number of pyridine rings is 1. The highest BCUT2D eigenvalue weighted by Crippen LogP contribution is 2.25. The first-order valence-corrected chi connectivity index (χ1v) is 23.6.